The zero-order chi connectivity index (χ0) is 21.9. The van der Waals surface area contributed by atoms with Crippen LogP contribution in [-0.4, -0.2) is 61.4 Å². The van der Waals surface area contributed by atoms with Crippen molar-refractivity contribution >= 4 is 34.8 Å². The Morgan fingerprint density at radius 3 is 1.69 bits per heavy atom. The highest BCUT2D eigenvalue weighted by molar-refractivity contribution is 6.37. The summed E-state index contributed by atoms with van der Waals surface area (Å²) in [6.45, 7) is 0.779. The van der Waals surface area contributed by atoms with Crippen LogP contribution < -0.4 is 21.3 Å². The van der Waals surface area contributed by atoms with Gasteiger partial charge in [-0.3, -0.25) is 9.59 Å². The van der Waals surface area contributed by atoms with E-state index in [1.165, 1.54) is 0 Å². The molecule has 0 aliphatic carbocycles. The van der Waals surface area contributed by atoms with Gasteiger partial charge in [0.1, 0.15) is 0 Å². The molecule has 12 heteroatoms. The predicted octanol–water partition coefficient (Wildman–Crippen LogP) is -0.873. The molecule has 0 spiro atoms. The average molecular weight is 443 g/mol. The number of halogens is 4. The highest BCUT2D eigenvalue weighted by Gasteiger charge is 2.32. The van der Waals surface area contributed by atoms with Crippen LogP contribution >= 0.6 is 11.6 Å². The molecule has 0 aliphatic heterocycles. The third kappa shape index (κ3) is 9.41. The number of anilines is 2. The van der Waals surface area contributed by atoms with Crippen LogP contribution in [0.25, 0.3) is 0 Å². The van der Waals surface area contributed by atoms with Crippen molar-refractivity contribution in [1.82, 2.24) is 0 Å². The molecule has 0 radical (unpaired) electrons. The normalized spacial score (nSPS) is 11.4. The summed E-state index contributed by atoms with van der Waals surface area (Å²) in [5, 5.41) is 25.0. The molecule has 8 N–H and O–H groups in total. The van der Waals surface area contributed by atoms with Crippen LogP contribution in [0.2, 0.25) is 5.02 Å². The number of alkyl halides is 3. The molecule has 1 rings (SSSR count). The number of hydrogen-bond donors (Lipinski definition) is 6. The molecular weight excluding hydrogens is 417 g/mol. The van der Waals surface area contributed by atoms with E-state index in [9.17, 15) is 22.8 Å². The Morgan fingerprint density at radius 2 is 1.34 bits per heavy atom. The van der Waals surface area contributed by atoms with Crippen molar-refractivity contribution < 1.29 is 43.6 Å². The second-order valence-electron chi connectivity index (χ2n) is 6.20. The minimum absolute atomic E-state index is 0.0297. The topological polar surface area (TPSA) is 132 Å². The van der Waals surface area contributed by atoms with Gasteiger partial charge in [0, 0.05) is 26.1 Å². The number of aliphatic hydroxyl groups is 2. The number of amides is 2. The largest absolute Gasteiger partial charge is 0.416 e. The van der Waals surface area contributed by atoms with E-state index >= 15 is 0 Å². The standard InChI is InChI=1S/C17H24ClF3N4O4/c18-16-12(24-14(28)9-22-3-1-5-26)7-11(17(19,20)21)8-13(16)25-15(29)10-23-4-2-6-27/h7-8,22-23,26-27H,1-6,9-10H2,(H,24,28)(H,25,29)/p+2. The molecule has 0 bridgehead atoms. The predicted molar refractivity (Wildman–Crippen MR) is 100 cm³/mol. The Kier molecular flexibility index (Phi) is 10.9. The molecule has 0 aliphatic rings. The molecule has 0 unspecified atom stereocenters. The Bertz CT molecular complexity index is 642. The summed E-state index contributed by atoms with van der Waals surface area (Å²) >= 11 is 6.10. The summed E-state index contributed by atoms with van der Waals surface area (Å²) < 4.78 is 39.6. The van der Waals surface area contributed by atoms with Gasteiger partial charge in [-0.25, -0.2) is 0 Å². The minimum Gasteiger partial charge on any atom is -0.396 e. The minimum atomic E-state index is -4.70. The van der Waals surface area contributed by atoms with Crippen molar-refractivity contribution in [2.24, 2.45) is 0 Å². The molecular formula is C17H26ClF3N4O4+2. The van der Waals surface area contributed by atoms with E-state index in [4.69, 9.17) is 21.8 Å². The van der Waals surface area contributed by atoms with E-state index in [1.54, 1.807) is 10.6 Å². The number of carbonyl (C=O) groups is 2. The van der Waals surface area contributed by atoms with Gasteiger partial charge >= 0.3 is 6.18 Å². The SMILES string of the molecule is O=C(C[NH2+]CCCO)Nc1cc(C(F)(F)F)cc(NC(=O)C[NH2+]CCCO)c1Cl. The van der Waals surface area contributed by atoms with Gasteiger partial charge in [-0.1, -0.05) is 11.6 Å². The summed E-state index contributed by atoms with van der Waals surface area (Å²) in [4.78, 5) is 23.9. The summed E-state index contributed by atoms with van der Waals surface area (Å²) in [5.41, 5.74) is -1.59. The summed E-state index contributed by atoms with van der Waals surface area (Å²) in [7, 11) is 0. The fourth-order valence-corrected chi connectivity index (χ4v) is 2.51. The van der Waals surface area contributed by atoms with Crippen LogP contribution in [0.5, 0.6) is 0 Å². The van der Waals surface area contributed by atoms with E-state index in [0.29, 0.717) is 38.1 Å². The first-order valence-electron chi connectivity index (χ1n) is 9.04. The lowest BCUT2D eigenvalue weighted by Crippen LogP contribution is -2.86. The number of aliphatic hydroxyl groups excluding tert-OH is 2. The summed E-state index contributed by atoms with van der Waals surface area (Å²) in [6.07, 6.45) is -3.75. The molecule has 1 aromatic rings. The van der Waals surface area contributed by atoms with Crippen molar-refractivity contribution in [1.29, 1.82) is 0 Å². The fourth-order valence-electron chi connectivity index (χ4n) is 2.31. The lowest BCUT2D eigenvalue weighted by molar-refractivity contribution is -0.644. The Morgan fingerprint density at radius 1 is 0.931 bits per heavy atom. The maximum Gasteiger partial charge on any atom is 0.416 e. The van der Waals surface area contributed by atoms with Gasteiger partial charge in [0.2, 0.25) is 0 Å². The average Bonchev–Trinajstić information content (AvgIpc) is 2.64. The third-order valence-corrected chi connectivity index (χ3v) is 4.15. The molecule has 0 aromatic heterocycles. The molecule has 0 heterocycles. The Hall–Kier alpha value is -1.92. The van der Waals surface area contributed by atoms with Gasteiger partial charge < -0.3 is 31.5 Å². The quantitative estimate of drug-likeness (QED) is 0.235. The monoisotopic (exact) mass is 442 g/mol. The molecule has 0 saturated heterocycles. The maximum absolute atomic E-state index is 13.2. The van der Waals surface area contributed by atoms with E-state index in [0.717, 1.165) is 0 Å². The fraction of sp³-hybridized carbons (Fsp3) is 0.529. The number of nitrogens with one attached hydrogen (secondary N) is 2. The molecule has 8 nitrogen and oxygen atoms in total. The molecule has 0 atom stereocenters. The van der Waals surface area contributed by atoms with E-state index < -0.39 is 23.6 Å². The highest BCUT2D eigenvalue weighted by Crippen LogP contribution is 2.38. The molecule has 0 saturated carbocycles. The van der Waals surface area contributed by atoms with Gasteiger partial charge in [0.15, 0.2) is 13.1 Å². The first kappa shape index (κ1) is 25.1. The maximum atomic E-state index is 13.2. The van der Waals surface area contributed by atoms with Crippen molar-refractivity contribution in [2.45, 2.75) is 19.0 Å². The molecule has 164 valence electrons. The summed E-state index contributed by atoms with van der Waals surface area (Å²) in [6, 6.07) is 1.41. The lowest BCUT2D eigenvalue weighted by atomic mass is 10.1. The van der Waals surface area contributed by atoms with Crippen LogP contribution in [0.15, 0.2) is 12.1 Å². The number of nitrogens with two attached hydrogens (primary N) is 2. The van der Waals surface area contributed by atoms with E-state index in [2.05, 4.69) is 10.6 Å². The second kappa shape index (κ2) is 12.6. The third-order valence-electron chi connectivity index (χ3n) is 3.74. The van der Waals surface area contributed by atoms with Crippen LogP contribution in [0, 0.1) is 0 Å². The highest BCUT2D eigenvalue weighted by atomic mass is 35.5. The first-order valence-corrected chi connectivity index (χ1v) is 9.42. The second-order valence-corrected chi connectivity index (χ2v) is 6.57. The van der Waals surface area contributed by atoms with E-state index in [-0.39, 0.29) is 42.7 Å². The number of hydrogen-bond acceptors (Lipinski definition) is 4. The lowest BCUT2D eigenvalue weighted by Gasteiger charge is -2.16. The molecule has 0 fully saturated rings. The van der Waals surface area contributed by atoms with Gasteiger partial charge in [0.25, 0.3) is 11.8 Å². The van der Waals surface area contributed by atoms with Gasteiger partial charge in [-0.05, 0) is 12.1 Å². The summed E-state index contributed by atoms with van der Waals surface area (Å²) in [5.74, 6) is -1.14. The van der Waals surface area contributed by atoms with Gasteiger partial charge in [-0.2, -0.15) is 13.2 Å². The van der Waals surface area contributed by atoms with E-state index in [1.807, 2.05) is 0 Å². The zero-order valence-corrected chi connectivity index (χ0v) is 16.4. The molecule has 2 amide bonds. The Labute approximate surface area is 170 Å². The van der Waals surface area contributed by atoms with Crippen LogP contribution in [0.3, 0.4) is 0 Å². The number of quaternary nitrogens is 2. The van der Waals surface area contributed by atoms with Crippen molar-refractivity contribution in [3.63, 3.8) is 0 Å². The van der Waals surface area contributed by atoms with Crippen molar-refractivity contribution in [3.8, 4) is 0 Å². The van der Waals surface area contributed by atoms with Crippen molar-refractivity contribution in [3.05, 3.63) is 22.7 Å². The molecule has 1 aromatic carbocycles. The Balaban J connectivity index is 2.91. The van der Waals surface area contributed by atoms with Crippen molar-refractivity contribution in [2.75, 3.05) is 50.0 Å². The number of benzene rings is 1. The number of rotatable bonds is 12. The number of carbonyl (C=O) groups excluding carboxylic acids is 2. The van der Waals surface area contributed by atoms with Crippen LogP contribution in [-0.2, 0) is 15.8 Å². The van der Waals surface area contributed by atoms with Gasteiger partial charge in [0.05, 0.1) is 35.1 Å². The van der Waals surface area contributed by atoms with Crippen LogP contribution in [0.1, 0.15) is 18.4 Å². The van der Waals surface area contributed by atoms with Crippen LogP contribution in [0.4, 0.5) is 24.5 Å². The smallest absolute Gasteiger partial charge is 0.396 e. The zero-order valence-electron chi connectivity index (χ0n) is 15.7. The first-order chi connectivity index (χ1) is 13.7. The van der Waals surface area contributed by atoms with Gasteiger partial charge in [-0.15, -0.1) is 0 Å². The molecule has 29 heavy (non-hydrogen) atoms.